The number of benzene rings is 1. The molecule has 0 aliphatic heterocycles. The van der Waals surface area contributed by atoms with Gasteiger partial charge < -0.3 is 11.1 Å². The molecule has 0 bridgehead atoms. The van der Waals surface area contributed by atoms with Gasteiger partial charge in [0.1, 0.15) is 9.71 Å². The van der Waals surface area contributed by atoms with E-state index >= 15 is 0 Å². The summed E-state index contributed by atoms with van der Waals surface area (Å²) in [6.07, 6.45) is 0. The van der Waals surface area contributed by atoms with Crippen molar-refractivity contribution < 1.29 is 4.79 Å². The molecule has 2 heterocycles. The number of hydrogen-bond acceptors (Lipinski definition) is 4. The fourth-order valence-electron chi connectivity index (χ4n) is 2.77. The first-order valence-corrected chi connectivity index (χ1v) is 8.23. The third-order valence-corrected chi connectivity index (χ3v) is 4.96. The average molecular weight is 325 g/mol. The molecule has 3 N–H and O–H groups in total. The second-order valence-electron chi connectivity index (χ2n) is 5.88. The second kappa shape index (κ2) is 5.66. The molecule has 0 saturated heterocycles. The third kappa shape index (κ3) is 2.80. The number of nitrogens with two attached hydrogens (primary N) is 1. The van der Waals surface area contributed by atoms with Crippen molar-refractivity contribution in [3.05, 3.63) is 51.5 Å². The lowest BCUT2D eigenvalue weighted by Gasteiger charge is -2.08. The maximum Gasteiger partial charge on any atom is 0.267 e. The van der Waals surface area contributed by atoms with Crippen molar-refractivity contribution in [1.29, 1.82) is 0 Å². The second-order valence-corrected chi connectivity index (χ2v) is 6.88. The van der Waals surface area contributed by atoms with E-state index in [4.69, 9.17) is 5.73 Å². The number of aryl methyl sites for hydroxylation is 4. The van der Waals surface area contributed by atoms with E-state index < -0.39 is 0 Å². The summed E-state index contributed by atoms with van der Waals surface area (Å²) in [6.45, 7) is 7.94. The zero-order chi connectivity index (χ0) is 16.7. The first-order valence-electron chi connectivity index (χ1n) is 7.41. The number of aromatic nitrogens is 1. The van der Waals surface area contributed by atoms with Gasteiger partial charge in [0.05, 0.1) is 5.69 Å². The van der Waals surface area contributed by atoms with Crippen LogP contribution in [-0.2, 0) is 0 Å². The fourth-order valence-corrected chi connectivity index (χ4v) is 3.88. The van der Waals surface area contributed by atoms with Crippen molar-refractivity contribution in [2.24, 2.45) is 0 Å². The summed E-state index contributed by atoms with van der Waals surface area (Å²) < 4.78 is 0. The molecule has 0 fully saturated rings. The SMILES string of the molecule is Cc1ccc(NC(=O)c2sc3nc(C)cc(C)c3c2N)c(C)c1. The van der Waals surface area contributed by atoms with Crippen LogP contribution in [0, 0.1) is 27.7 Å². The van der Waals surface area contributed by atoms with Crippen molar-refractivity contribution in [2.45, 2.75) is 27.7 Å². The molecule has 0 aliphatic carbocycles. The van der Waals surface area contributed by atoms with Crippen LogP contribution in [0.3, 0.4) is 0 Å². The number of amides is 1. The summed E-state index contributed by atoms with van der Waals surface area (Å²) in [5.41, 5.74) is 11.7. The predicted molar refractivity (Wildman–Crippen MR) is 97.4 cm³/mol. The molecule has 1 amide bonds. The Hall–Kier alpha value is -2.40. The zero-order valence-electron chi connectivity index (χ0n) is 13.7. The summed E-state index contributed by atoms with van der Waals surface area (Å²) in [5.74, 6) is -0.186. The van der Waals surface area contributed by atoms with Crippen LogP contribution in [0.4, 0.5) is 11.4 Å². The van der Waals surface area contributed by atoms with Crippen LogP contribution in [0.1, 0.15) is 32.1 Å². The van der Waals surface area contributed by atoms with Gasteiger partial charge in [-0.3, -0.25) is 4.79 Å². The van der Waals surface area contributed by atoms with E-state index in [-0.39, 0.29) is 5.91 Å². The van der Waals surface area contributed by atoms with E-state index in [1.165, 1.54) is 11.3 Å². The highest BCUT2D eigenvalue weighted by atomic mass is 32.1. The van der Waals surface area contributed by atoms with E-state index in [0.717, 1.165) is 38.3 Å². The number of thiophene rings is 1. The molecule has 118 valence electrons. The smallest absolute Gasteiger partial charge is 0.267 e. The number of nitrogen functional groups attached to an aromatic ring is 1. The Balaban J connectivity index is 2.01. The summed E-state index contributed by atoms with van der Waals surface area (Å²) in [7, 11) is 0. The number of nitrogens with one attached hydrogen (secondary N) is 1. The lowest BCUT2D eigenvalue weighted by Crippen LogP contribution is -2.12. The Morgan fingerprint density at radius 2 is 1.87 bits per heavy atom. The van der Waals surface area contributed by atoms with Gasteiger partial charge in [-0.15, -0.1) is 11.3 Å². The van der Waals surface area contributed by atoms with Gasteiger partial charge in [-0.05, 0) is 51.0 Å². The van der Waals surface area contributed by atoms with Gasteiger partial charge in [0.15, 0.2) is 0 Å². The number of fused-ring (bicyclic) bond motifs is 1. The molecule has 0 saturated carbocycles. The molecule has 2 aromatic heterocycles. The van der Waals surface area contributed by atoms with Gasteiger partial charge in [0, 0.05) is 16.8 Å². The predicted octanol–water partition coefficient (Wildman–Crippen LogP) is 4.36. The van der Waals surface area contributed by atoms with Crippen LogP contribution < -0.4 is 11.1 Å². The van der Waals surface area contributed by atoms with Gasteiger partial charge in [0.25, 0.3) is 5.91 Å². The number of carbonyl (C=O) groups is 1. The molecule has 0 aliphatic rings. The van der Waals surface area contributed by atoms with E-state index in [2.05, 4.69) is 10.3 Å². The Bertz CT molecular complexity index is 928. The van der Waals surface area contributed by atoms with Crippen LogP contribution in [0.15, 0.2) is 24.3 Å². The molecule has 1 aromatic carbocycles. The summed E-state index contributed by atoms with van der Waals surface area (Å²) in [6, 6.07) is 7.92. The first kappa shape index (κ1) is 15.5. The molecule has 3 rings (SSSR count). The van der Waals surface area contributed by atoms with E-state index in [0.29, 0.717) is 10.6 Å². The molecule has 0 atom stereocenters. The number of rotatable bonds is 2. The molecule has 23 heavy (non-hydrogen) atoms. The van der Waals surface area contributed by atoms with Crippen LogP contribution in [0.5, 0.6) is 0 Å². The van der Waals surface area contributed by atoms with E-state index in [9.17, 15) is 4.79 Å². The number of carbonyl (C=O) groups excluding carboxylic acids is 1. The lowest BCUT2D eigenvalue weighted by molar-refractivity contribution is 0.103. The van der Waals surface area contributed by atoms with Gasteiger partial charge in [0.2, 0.25) is 0 Å². The summed E-state index contributed by atoms with van der Waals surface area (Å²) >= 11 is 1.34. The Morgan fingerprint density at radius 1 is 1.13 bits per heavy atom. The van der Waals surface area contributed by atoms with E-state index in [1.54, 1.807) is 0 Å². The monoisotopic (exact) mass is 325 g/mol. The van der Waals surface area contributed by atoms with Crippen molar-refractivity contribution in [3.63, 3.8) is 0 Å². The highest BCUT2D eigenvalue weighted by Crippen LogP contribution is 2.35. The topological polar surface area (TPSA) is 68.0 Å². The minimum absolute atomic E-state index is 0.186. The standard InChI is InChI=1S/C18H19N3OS/c1-9-5-6-13(10(2)7-9)21-17(22)16-15(19)14-11(3)8-12(4)20-18(14)23-16/h5-8H,19H2,1-4H3,(H,21,22). The van der Waals surface area contributed by atoms with Gasteiger partial charge >= 0.3 is 0 Å². The maximum absolute atomic E-state index is 12.6. The molecule has 5 heteroatoms. The van der Waals surface area contributed by atoms with Crippen molar-refractivity contribution in [3.8, 4) is 0 Å². The maximum atomic E-state index is 12.6. The molecule has 4 nitrogen and oxygen atoms in total. The largest absolute Gasteiger partial charge is 0.397 e. The Morgan fingerprint density at radius 3 is 2.57 bits per heavy atom. The van der Waals surface area contributed by atoms with Gasteiger partial charge in [-0.1, -0.05) is 17.7 Å². The van der Waals surface area contributed by atoms with Gasteiger partial charge in [-0.2, -0.15) is 0 Å². The number of nitrogens with zero attached hydrogens (tertiary/aromatic N) is 1. The van der Waals surface area contributed by atoms with E-state index in [1.807, 2.05) is 52.0 Å². The number of anilines is 2. The van der Waals surface area contributed by atoms with Crippen LogP contribution in [-0.4, -0.2) is 10.9 Å². The summed E-state index contributed by atoms with van der Waals surface area (Å²) in [4.78, 5) is 18.5. The van der Waals surface area contributed by atoms with Crippen molar-refractivity contribution in [1.82, 2.24) is 4.98 Å². The minimum Gasteiger partial charge on any atom is -0.397 e. The van der Waals surface area contributed by atoms with Crippen LogP contribution in [0.25, 0.3) is 10.2 Å². The minimum atomic E-state index is -0.186. The molecular formula is C18H19N3OS. The molecule has 0 radical (unpaired) electrons. The van der Waals surface area contributed by atoms with Crippen LogP contribution >= 0.6 is 11.3 Å². The van der Waals surface area contributed by atoms with Gasteiger partial charge in [-0.25, -0.2) is 4.98 Å². The van der Waals surface area contributed by atoms with Crippen molar-refractivity contribution in [2.75, 3.05) is 11.1 Å². The molecule has 0 unspecified atom stereocenters. The number of hydrogen-bond donors (Lipinski definition) is 2. The first-order chi connectivity index (χ1) is 10.9. The average Bonchev–Trinajstić information content (AvgIpc) is 2.79. The summed E-state index contributed by atoms with van der Waals surface area (Å²) in [5, 5.41) is 3.83. The molecule has 3 aromatic rings. The quantitative estimate of drug-likeness (QED) is 0.735. The Kier molecular flexibility index (Phi) is 3.82. The van der Waals surface area contributed by atoms with Crippen LogP contribution in [0.2, 0.25) is 0 Å². The number of pyridine rings is 1. The highest BCUT2D eigenvalue weighted by Gasteiger charge is 2.19. The zero-order valence-corrected chi connectivity index (χ0v) is 14.5. The Labute approximate surface area is 139 Å². The molecule has 0 spiro atoms. The van der Waals surface area contributed by atoms with Crippen molar-refractivity contribution >= 4 is 38.8 Å². The molecular weight excluding hydrogens is 306 g/mol. The lowest BCUT2D eigenvalue weighted by atomic mass is 10.1. The fraction of sp³-hybridized carbons (Fsp3) is 0.222. The third-order valence-electron chi connectivity index (χ3n) is 3.86. The highest BCUT2D eigenvalue weighted by molar-refractivity contribution is 7.21. The normalized spacial score (nSPS) is 11.0.